The van der Waals surface area contributed by atoms with Crippen molar-refractivity contribution in [3.05, 3.63) is 24.3 Å². The number of amides is 2. The summed E-state index contributed by atoms with van der Waals surface area (Å²) in [5.41, 5.74) is 1.16. The Kier molecular flexibility index (Phi) is 5.23. The molecule has 3 rings (SSSR count). The van der Waals surface area contributed by atoms with E-state index in [9.17, 15) is 9.90 Å². The monoisotopic (exact) mass is 345 g/mol. The van der Waals surface area contributed by atoms with Gasteiger partial charge in [0, 0.05) is 31.0 Å². The second kappa shape index (κ2) is 7.24. The minimum absolute atomic E-state index is 0.121. The highest BCUT2D eigenvalue weighted by Crippen LogP contribution is 2.28. The second-order valence-electron chi connectivity index (χ2n) is 8.15. The fraction of sp³-hybridized carbons (Fsp3) is 0.650. The van der Waals surface area contributed by atoms with Crippen LogP contribution in [-0.4, -0.2) is 47.3 Å². The van der Waals surface area contributed by atoms with Gasteiger partial charge in [-0.3, -0.25) is 0 Å². The average molecular weight is 345 g/mol. The van der Waals surface area contributed by atoms with Crippen molar-refractivity contribution < 1.29 is 9.90 Å². The van der Waals surface area contributed by atoms with Crippen LogP contribution in [0.5, 0.6) is 0 Å². The third-order valence-electron chi connectivity index (χ3n) is 5.60. The first-order chi connectivity index (χ1) is 11.8. The predicted octanol–water partition coefficient (Wildman–Crippen LogP) is 3.69. The molecule has 0 spiro atoms. The van der Waals surface area contributed by atoms with Crippen molar-refractivity contribution in [1.29, 1.82) is 0 Å². The van der Waals surface area contributed by atoms with Gasteiger partial charge in [-0.1, -0.05) is 6.92 Å². The van der Waals surface area contributed by atoms with Crippen LogP contribution in [-0.2, 0) is 0 Å². The van der Waals surface area contributed by atoms with Gasteiger partial charge in [-0.15, -0.1) is 0 Å². The van der Waals surface area contributed by atoms with Crippen molar-refractivity contribution in [2.45, 2.75) is 58.1 Å². The van der Waals surface area contributed by atoms with E-state index in [1.807, 2.05) is 12.1 Å². The number of likely N-dealkylation sites (tertiary alicyclic amines) is 1. The molecule has 138 valence electrons. The number of hydrogen-bond donors (Lipinski definition) is 2. The fourth-order valence-electron chi connectivity index (χ4n) is 3.96. The summed E-state index contributed by atoms with van der Waals surface area (Å²) in [7, 11) is 0. The molecule has 1 unspecified atom stereocenters. The van der Waals surface area contributed by atoms with Gasteiger partial charge in [0.15, 0.2) is 0 Å². The van der Waals surface area contributed by atoms with Crippen LogP contribution in [0.3, 0.4) is 0 Å². The van der Waals surface area contributed by atoms with E-state index in [1.165, 1.54) is 18.5 Å². The van der Waals surface area contributed by atoms with Crippen molar-refractivity contribution in [1.82, 2.24) is 4.90 Å². The molecule has 25 heavy (non-hydrogen) atoms. The molecule has 5 nitrogen and oxygen atoms in total. The smallest absolute Gasteiger partial charge is 0.322 e. The van der Waals surface area contributed by atoms with Crippen molar-refractivity contribution in [2.24, 2.45) is 5.92 Å². The van der Waals surface area contributed by atoms with Gasteiger partial charge >= 0.3 is 6.03 Å². The summed E-state index contributed by atoms with van der Waals surface area (Å²) in [6.45, 7) is 8.77. The highest BCUT2D eigenvalue weighted by molar-refractivity contribution is 5.90. The van der Waals surface area contributed by atoms with E-state index in [-0.39, 0.29) is 12.1 Å². The molecule has 0 bridgehead atoms. The number of nitrogens with zero attached hydrogens (tertiary/aromatic N) is 2. The molecule has 1 aromatic carbocycles. The molecule has 1 aromatic rings. The van der Waals surface area contributed by atoms with E-state index in [4.69, 9.17) is 0 Å². The Hall–Kier alpha value is -1.75. The molecule has 0 radical (unpaired) electrons. The molecular weight excluding hydrogens is 314 g/mol. The van der Waals surface area contributed by atoms with Crippen molar-refractivity contribution >= 4 is 17.4 Å². The van der Waals surface area contributed by atoms with Gasteiger partial charge in [-0.25, -0.2) is 4.79 Å². The first-order valence-corrected chi connectivity index (χ1v) is 9.49. The zero-order valence-corrected chi connectivity index (χ0v) is 15.7. The van der Waals surface area contributed by atoms with Gasteiger partial charge in [0.25, 0.3) is 0 Å². The molecule has 0 aromatic heterocycles. The molecular formula is C20H31N3O2. The van der Waals surface area contributed by atoms with Crippen molar-refractivity contribution in [3.8, 4) is 0 Å². The lowest BCUT2D eigenvalue weighted by Crippen LogP contribution is -2.49. The van der Waals surface area contributed by atoms with Crippen LogP contribution in [0, 0.1) is 5.92 Å². The van der Waals surface area contributed by atoms with Crippen molar-refractivity contribution in [2.75, 3.05) is 29.9 Å². The summed E-state index contributed by atoms with van der Waals surface area (Å²) in [5, 5.41) is 13.3. The maximum absolute atomic E-state index is 12.6. The van der Waals surface area contributed by atoms with E-state index in [1.54, 1.807) is 18.7 Å². The third kappa shape index (κ3) is 4.27. The lowest BCUT2D eigenvalue weighted by Gasteiger charge is -2.34. The zero-order valence-electron chi connectivity index (χ0n) is 15.7. The summed E-state index contributed by atoms with van der Waals surface area (Å²) in [6, 6.07) is 7.87. The zero-order chi connectivity index (χ0) is 18.0. The predicted molar refractivity (Wildman–Crippen MR) is 102 cm³/mol. The first-order valence-electron chi connectivity index (χ1n) is 9.49. The van der Waals surface area contributed by atoms with Crippen LogP contribution in [0.2, 0.25) is 0 Å². The Morgan fingerprint density at radius 3 is 2.36 bits per heavy atom. The largest absolute Gasteiger partial charge is 0.388 e. The number of carbonyl (C=O) groups excluding carboxylic acids is 1. The van der Waals surface area contributed by atoms with Gasteiger partial charge < -0.3 is 20.2 Å². The molecule has 2 aliphatic heterocycles. The van der Waals surface area contributed by atoms with Gasteiger partial charge in [0.1, 0.15) is 0 Å². The molecule has 5 heteroatoms. The first kappa shape index (κ1) is 18.1. The summed E-state index contributed by atoms with van der Waals surface area (Å²) in [4.78, 5) is 16.8. The summed E-state index contributed by atoms with van der Waals surface area (Å²) >= 11 is 0. The van der Waals surface area contributed by atoms with Gasteiger partial charge in [0.2, 0.25) is 0 Å². The minimum Gasteiger partial charge on any atom is -0.388 e. The quantitative estimate of drug-likeness (QED) is 0.878. The Morgan fingerprint density at radius 2 is 1.76 bits per heavy atom. The van der Waals surface area contributed by atoms with Crippen LogP contribution in [0.4, 0.5) is 16.2 Å². The standard InChI is InChI=1S/C20H31N3O2/c1-15-10-13-22(14-11-15)17-8-6-16(7-9-17)21-19(24)23-12-4-5-18(23)20(2,3)25/h6-9,15,18,25H,4-5,10-14H2,1-3H3,(H,21,24). The number of rotatable bonds is 3. The lowest BCUT2D eigenvalue weighted by molar-refractivity contribution is 0.0117. The normalized spacial score (nSPS) is 22.3. The number of nitrogens with one attached hydrogen (secondary N) is 1. The summed E-state index contributed by atoms with van der Waals surface area (Å²) < 4.78 is 0. The highest BCUT2D eigenvalue weighted by Gasteiger charge is 2.38. The van der Waals surface area contributed by atoms with E-state index < -0.39 is 5.60 Å². The van der Waals surface area contributed by atoms with Crippen LogP contribution >= 0.6 is 0 Å². The van der Waals surface area contributed by atoms with E-state index >= 15 is 0 Å². The highest BCUT2D eigenvalue weighted by atomic mass is 16.3. The third-order valence-corrected chi connectivity index (χ3v) is 5.60. The van der Waals surface area contributed by atoms with Crippen LogP contribution < -0.4 is 10.2 Å². The molecule has 2 amide bonds. The molecule has 1 atom stereocenters. The number of piperidine rings is 1. The average Bonchev–Trinajstić information content (AvgIpc) is 3.06. The Morgan fingerprint density at radius 1 is 1.12 bits per heavy atom. The van der Waals surface area contributed by atoms with E-state index in [0.29, 0.717) is 6.54 Å². The number of urea groups is 1. The molecule has 2 N–H and O–H groups in total. The van der Waals surface area contributed by atoms with Crippen LogP contribution in [0.15, 0.2) is 24.3 Å². The Bertz CT molecular complexity index is 586. The van der Waals surface area contributed by atoms with Crippen LogP contribution in [0.25, 0.3) is 0 Å². The molecule has 2 fully saturated rings. The van der Waals surface area contributed by atoms with E-state index in [0.717, 1.165) is 37.5 Å². The SMILES string of the molecule is CC1CCN(c2ccc(NC(=O)N3CCCC3C(C)(C)O)cc2)CC1. The maximum Gasteiger partial charge on any atom is 0.322 e. The fourth-order valence-corrected chi connectivity index (χ4v) is 3.96. The molecule has 2 saturated heterocycles. The van der Waals surface area contributed by atoms with Crippen LogP contribution in [0.1, 0.15) is 46.5 Å². The number of carbonyl (C=O) groups is 1. The molecule has 2 aliphatic rings. The number of hydrogen-bond acceptors (Lipinski definition) is 3. The topological polar surface area (TPSA) is 55.8 Å². The van der Waals surface area contributed by atoms with E-state index in [2.05, 4.69) is 29.3 Å². The van der Waals surface area contributed by atoms with Gasteiger partial charge in [-0.2, -0.15) is 0 Å². The summed E-state index contributed by atoms with van der Waals surface area (Å²) in [5.74, 6) is 0.819. The summed E-state index contributed by atoms with van der Waals surface area (Å²) in [6.07, 6.45) is 4.27. The van der Waals surface area contributed by atoms with Gasteiger partial charge in [-0.05, 0) is 69.7 Å². The Balaban J connectivity index is 1.60. The lowest BCUT2D eigenvalue weighted by atomic mass is 9.97. The number of benzene rings is 1. The number of aliphatic hydroxyl groups is 1. The van der Waals surface area contributed by atoms with Crippen molar-refractivity contribution in [3.63, 3.8) is 0 Å². The molecule has 0 saturated carbocycles. The Labute approximate surface area is 151 Å². The maximum atomic E-state index is 12.6. The van der Waals surface area contributed by atoms with Gasteiger partial charge in [0.05, 0.1) is 11.6 Å². The number of anilines is 2. The minimum atomic E-state index is -0.872. The second-order valence-corrected chi connectivity index (χ2v) is 8.15. The molecule has 2 heterocycles. The molecule has 0 aliphatic carbocycles.